The molecule has 2 saturated heterocycles. The molecular weight excluding hydrogens is 188 g/mol. The van der Waals surface area contributed by atoms with E-state index in [1.807, 2.05) is 0 Å². The van der Waals surface area contributed by atoms with Crippen LogP contribution >= 0.6 is 25.3 Å². The number of fused-ring (bicyclic) bond motifs is 2. The standard InChI is InChI=1S/C8H16N2S2/c11-5-8(12)10-3-6-1-2-7(4-10)9-6/h6-9,11-12H,1-5H2. The highest BCUT2D eigenvalue weighted by Crippen LogP contribution is 2.22. The summed E-state index contributed by atoms with van der Waals surface area (Å²) in [5, 5.41) is 3.94. The average molecular weight is 204 g/mol. The summed E-state index contributed by atoms with van der Waals surface area (Å²) in [6, 6.07) is 1.44. The SMILES string of the molecule is SCC(S)N1CC2CCC(C1)N2. The number of rotatable bonds is 2. The van der Waals surface area contributed by atoms with Crippen LogP contribution in [0.4, 0.5) is 0 Å². The van der Waals surface area contributed by atoms with Crippen molar-refractivity contribution < 1.29 is 0 Å². The number of piperazine rings is 1. The Bertz CT molecular complexity index is 153. The van der Waals surface area contributed by atoms with Gasteiger partial charge in [0.05, 0.1) is 5.37 Å². The lowest BCUT2D eigenvalue weighted by Gasteiger charge is -2.35. The summed E-state index contributed by atoms with van der Waals surface area (Å²) < 4.78 is 0. The molecular formula is C8H16N2S2. The van der Waals surface area contributed by atoms with Crippen LogP contribution in [0.25, 0.3) is 0 Å². The smallest absolute Gasteiger partial charge is 0.0617 e. The molecule has 4 heteroatoms. The normalized spacial score (nSPS) is 38.5. The third kappa shape index (κ3) is 1.76. The average Bonchev–Trinajstić information content (AvgIpc) is 2.44. The Balaban J connectivity index is 1.93. The lowest BCUT2D eigenvalue weighted by molar-refractivity contribution is 0.193. The van der Waals surface area contributed by atoms with Crippen molar-refractivity contribution in [1.82, 2.24) is 10.2 Å². The molecule has 3 atom stereocenters. The first-order valence-electron chi connectivity index (χ1n) is 4.58. The number of thiol groups is 2. The molecule has 2 bridgehead atoms. The zero-order valence-electron chi connectivity index (χ0n) is 7.11. The number of nitrogens with one attached hydrogen (secondary N) is 1. The van der Waals surface area contributed by atoms with Gasteiger partial charge >= 0.3 is 0 Å². The first-order chi connectivity index (χ1) is 5.79. The lowest BCUT2D eigenvalue weighted by Crippen LogP contribution is -2.53. The summed E-state index contributed by atoms with van der Waals surface area (Å²) in [4.78, 5) is 2.44. The van der Waals surface area contributed by atoms with Gasteiger partial charge in [-0.25, -0.2) is 0 Å². The van der Waals surface area contributed by atoms with E-state index < -0.39 is 0 Å². The number of likely N-dealkylation sites (tertiary alicyclic amines) is 1. The van der Waals surface area contributed by atoms with Gasteiger partial charge in [-0.05, 0) is 12.8 Å². The molecule has 0 radical (unpaired) electrons. The summed E-state index contributed by atoms with van der Waals surface area (Å²) >= 11 is 8.77. The number of nitrogens with zero attached hydrogens (tertiary/aromatic N) is 1. The molecule has 0 saturated carbocycles. The van der Waals surface area contributed by atoms with Crippen molar-refractivity contribution in [2.24, 2.45) is 0 Å². The quantitative estimate of drug-likeness (QED) is 0.571. The second-order valence-corrected chi connectivity index (χ2v) is 4.72. The van der Waals surface area contributed by atoms with E-state index >= 15 is 0 Å². The van der Waals surface area contributed by atoms with Crippen LogP contribution in [0.1, 0.15) is 12.8 Å². The summed E-state index contributed by atoms with van der Waals surface area (Å²) in [6.07, 6.45) is 2.68. The van der Waals surface area contributed by atoms with Crippen LogP contribution in [-0.2, 0) is 0 Å². The molecule has 0 aromatic rings. The van der Waals surface area contributed by atoms with Gasteiger partial charge in [-0.3, -0.25) is 4.90 Å². The molecule has 2 nitrogen and oxygen atoms in total. The molecule has 0 amide bonds. The molecule has 0 spiro atoms. The van der Waals surface area contributed by atoms with E-state index in [1.54, 1.807) is 0 Å². The van der Waals surface area contributed by atoms with Crippen LogP contribution < -0.4 is 5.32 Å². The van der Waals surface area contributed by atoms with Crippen molar-refractivity contribution in [3.05, 3.63) is 0 Å². The predicted octanol–water partition coefficient (Wildman–Crippen LogP) is 0.608. The van der Waals surface area contributed by atoms with Crippen molar-refractivity contribution >= 4 is 25.3 Å². The van der Waals surface area contributed by atoms with Crippen molar-refractivity contribution in [2.75, 3.05) is 18.8 Å². The summed E-state index contributed by atoms with van der Waals surface area (Å²) in [5.74, 6) is 0.850. The summed E-state index contributed by atoms with van der Waals surface area (Å²) in [5.41, 5.74) is 0. The van der Waals surface area contributed by atoms with Gasteiger partial charge in [0.15, 0.2) is 0 Å². The maximum atomic E-state index is 4.50. The van der Waals surface area contributed by atoms with Gasteiger partial charge in [-0.15, -0.1) is 0 Å². The highest BCUT2D eigenvalue weighted by Gasteiger charge is 2.33. The van der Waals surface area contributed by atoms with E-state index in [4.69, 9.17) is 0 Å². The van der Waals surface area contributed by atoms with Crippen LogP contribution in [0, 0.1) is 0 Å². The molecule has 70 valence electrons. The van der Waals surface area contributed by atoms with E-state index in [0.29, 0.717) is 5.37 Å². The van der Waals surface area contributed by atoms with E-state index in [2.05, 4.69) is 35.5 Å². The second-order valence-electron chi connectivity index (χ2n) is 3.75. The van der Waals surface area contributed by atoms with Crippen LogP contribution in [-0.4, -0.2) is 41.2 Å². The Morgan fingerprint density at radius 1 is 1.33 bits per heavy atom. The molecule has 2 rings (SSSR count). The molecule has 3 unspecified atom stereocenters. The zero-order chi connectivity index (χ0) is 8.55. The molecule has 12 heavy (non-hydrogen) atoms. The van der Waals surface area contributed by atoms with Crippen LogP contribution in [0.3, 0.4) is 0 Å². The van der Waals surface area contributed by atoms with E-state index in [1.165, 1.54) is 12.8 Å². The van der Waals surface area contributed by atoms with Crippen molar-refractivity contribution in [3.8, 4) is 0 Å². The fourth-order valence-electron chi connectivity index (χ4n) is 2.19. The Kier molecular flexibility index (Phi) is 2.89. The van der Waals surface area contributed by atoms with Gasteiger partial charge < -0.3 is 5.32 Å². The minimum Gasteiger partial charge on any atom is -0.309 e. The zero-order valence-corrected chi connectivity index (χ0v) is 8.90. The van der Waals surface area contributed by atoms with Gasteiger partial charge in [-0.1, -0.05) is 0 Å². The molecule has 2 aliphatic heterocycles. The van der Waals surface area contributed by atoms with Gasteiger partial charge in [0, 0.05) is 30.9 Å². The summed E-state index contributed by atoms with van der Waals surface area (Å²) in [6.45, 7) is 2.32. The maximum absolute atomic E-state index is 4.50. The Morgan fingerprint density at radius 2 is 1.92 bits per heavy atom. The summed E-state index contributed by atoms with van der Waals surface area (Å²) in [7, 11) is 0. The minimum absolute atomic E-state index is 0.346. The monoisotopic (exact) mass is 204 g/mol. The molecule has 0 aliphatic carbocycles. The van der Waals surface area contributed by atoms with Crippen LogP contribution in [0.15, 0.2) is 0 Å². The highest BCUT2D eigenvalue weighted by atomic mass is 32.1. The molecule has 0 aromatic heterocycles. The van der Waals surface area contributed by atoms with Crippen molar-refractivity contribution in [2.45, 2.75) is 30.3 Å². The minimum atomic E-state index is 0.346. The van der Waals surface area contributed by atoms with Gasteiger partial charge in [0.2, 0.25) is 0 Å². The predicted molar refractivity (Wildman–Crippen MR) is 58.1 cm³/mol. The van der Waals surface area contributed by atoms with E-state index in [9.17, 15) is 0 Å². The number of hydrogen-bond acceptors (Lipinski definition) is 4. The van der Waals surface area contributed by atoms with Gasteiger partial charge in [0.1, 0.15) is 0 Å². The first kappa shape index (κ1) is 9.19. The van der Waals surface area contributed by atoms with Crippen LogP contribution in [0.5, 0.6) is 0 Å². The lowest BCUT2D eigenvalue weighted by atomic mass is 10.2. The third-order valence-corrected chi connectivity index (χ3v) is 3.97. The maximum Gasteiger partial charge on any atom is 0.0617 e. The molecule has 0 aromatic carbocycles. The van der Waals surface area contributed by atoms with Crippen LogP contribution in [0.2, 0.25) is 0 Å². The van der Waals surface area contributed by atoms with Gasteiger partial charge in [-0.2, -0.15) is 25.3 Å². The van der Waals surface area contributed by atoms with E-state index in [-0.39, 0.29) is 0 Å². The third-order valence-electron chi connectivity index (χ3n) is 2.83. The topological polar surface area (TPSA) is 15.3 Å². The molecule has 2 aliphatic rings. The van der Waals surface area contributed by atoms with E-state index in [0.717, 1.165) is 30.9 Å². The number of hydrogen-bond donors (Lipinski definition) is 3. The highest BCUT2D eigenvalue weighted by molar-refractivity contribution is 7.84. The Hall–Kier alpha value is 0.620. The molecule has 2 heterocycles. The molecule has 1 N–H and O–H groups in total. The van der Waals surface area contributed by atoms with Crippen molar-refractivity contribution in [3.63, 3.8) is 0 Å². The fraction of sp³-hybridized carbons (Fsp3) is 1.00. The van der Waals surface area contributed by atoms with Crippen molar-refractivity contribution in [1.29, 1.82) is 0 Å². The van der Waals surface area contributed by atoms with Gasteiger partial charge in [0.25, 0.3) is 0 Å². The molecule has 2 fully saturated rings. The first-order valence-corrected chi connectivity index (χ1v) is 5.73. The Morgan fingerprint density at radius 3 is 2.42 bits per heavy atom. The Labute approximate surface area is 84.9 Å². The fourth-order valence-corrected chi connectivity index (χ4v) is 2.61. The second kappa shape index (κ2) is 3.78. The largest absolute Gasteiger partial charge is 0.309 e.